The van der Waals surface area contributed by atoms with Crippen molar-refractivity contribution in [3.63, 3.8) is 0 Å². The molecular weight excluding hydrogens is 260 g/mol. The Bertz CT molecular complexity index is 442. The first-order valence-electron chi connectivity index (χ1n) is 7.44. The van der Waals surface area contributed by atoms with Gasteiger partial charge in [-0.25, -0.2) is 8.78 Å². The molecule has 1 unspecified atom stereocenters. The van der Waals surface area contributed by atoms with E-state index in [1.807, 2.05) is 6.92 Å². The molecule has 0 bridgehead atoms. The van der Waals surface area contributed by atoms with E-state index in [-0.39, 0.29) is 5.56 Å². The molecule has 1 aliphatic carbocycles. The Labute approximate surface area is 119 Å². The van der Waals surface area contributed by atoms with Crippen LogP contribution in [0.1, 0.15) is 57.1 Å². The van der Waals surface area contributed by atoms with Gasteiger partial charge in [0.15, 0.2) is 11.6 Å². The lowest BCUT2D eigenvalue weighted by Crippen LogP contribution is -2.44. The lowest BCUT2D eigenvalue weighted by Gasteiger charge is -2.38. The zero-order chi connectivity index (χ0) is 14.6. The molecule has 1 aromatic carbocycles. The van der Waals surface area contributed by atoms with Gasteiger partial charge in [0.2, 0.25) is 0 Å². The fourth-order valence-corrected chi connectivity index (χ4v) is 3.20. The summed E-state index contributed by atoms with van der Waals surface area (Å²) in [6.45, 7) is 2.45. The first-order valence-corrected chi connectivity index (χ1v) is 7.44. The molecule has 1 saturated carbocycles. The smallest absolute Gasteiger partial charge is 0.163 e. The first-order chi connectivity index (χ1) is 9.60. The Balaban J connectivity index is 2.34. The van der Waals surface area contributed by atoms with Crippen LogP contribution in [0.4, 0.5) is 8.78 Å². The van der Waals surface area contributed by atoms with E-state index in [4.69, 9.17) is 10.5 Å². The molecule has 1 aromatic rings. The van der Waals surface area contributed by atoms with Crippen LogP contribution in [0.5, 0.6) is 0 Å². The fraction of sp³-hybridized carbons (Fsp3) is 0.625. The third kappa shape index (κ3) is 3.01. The minimum atomic E-state index is -0.849. The van der Waals surface area contributed by atoms with Crippen molar-refractivity contribution in [3.05, 3.63) is 35.4 Å². The summed E-state index contributed by atoms with van der Waals surface area (Å²) >= 11 is 0. The standard InChI is InChI=1S/C16H23F2NO/c1-2-20-16(10-5-3-4-6-11-16)15(19)12-8-7-9-13(17)14(12)18/h7-9,15H,2-6,10-11,19H2,1H3. The second-order valence-corrected chi connectivity index (χ2v) is 5.53. The van der Waals surface area contributed by atoms with E-state index < -0.39 is 23.3 Å². The van der Waals surface area contributed by atoms with E-state index in [1.165, 1.54) is 6.07 Å². The first kappa shape index (κ1) is 15.4. The third-order valence-corrected chi connectivity index (χ3v) is 4.27. The number of hydrogen-bond acceptors (Lipinski definition) is 2. The molecule has 4 heteroatoms. The Morgan fingerprint density at radius 1 is 1.20 bits per heavy atom. The fourth-order valence-electron chi connectivity index (χ4n) is 3.20. The molecule has 0 aliphatic heterocycles. The molecule has 0 amide bonds. The van der Waals surface area contributed by atoms with Gasteiger partial charge in [-0.15, -0.1) is 0 Å². The van der Waals surface area contributed by atoms with Gasteiger partial charge >= 0.3 is 0 Å². The van der Waals surface area contributed by atoms with E-state index in [0.29, 0.717) is 6.61 Å². The molecular formula is C16H23F2NO. The summed E-state index contributed by atoms with van der Waals surface area (Å²) in [4.78, 5) is 0. The van der Waals surface area contributed by atoms with Crippen LogP contribution in [0.2, 0.25) is 0 Å². The molecule has 0 heterocycles. The third-order valence-electron chi connectivity index (χ3n) is 4.27. The highest BCUT2D eigenvalue weighted by molar-refractivity contribution is 5.25. The van der Waals surface area contributed by atoms with Gasteiger partial charge in [-0.3, -0.25) is 0 Å². The van der Waals surface area contributed by atoms with Crippen molar-refractivity contribution < 1.29 is 13.5 Å². The lowest BCUT2D eigenvalue weighted by molar-refractivity contribution is -0.0703. The van der Waals surface area contributed by atoms with E-state index in [0.717, 1.165) is 44.6 Å². The number of benzene rings is 1. The maximum absolute atomic E-state index is 14.0. The Kier molecular flexibility index (Phi) is 5.11. The van der Waals surface area contributed by atoms with E-state index >= 15 is 0 Å². The second-order valence-electron chi connectivity index (χ2n) is 5.53. The van der Waals surface area contributed by atoms with Crippen molar-refractivity contribution >= 4 is 0 Å². The van der Waals surface area contributed by atoms with Gasteiger partial charge in [-0.2, -0.15) is 0 Å². The van der Waals surface area contributed by atoms with Crippen LogP contribution in [-0.2, 0) is 4.74 Å². The molecule has 2 N–H and O–H groups in total. The Hall–Kier alpha value is -1.00. The molecule has 0 saturated heterocycles. The van der Waals surface area contributed by atoms with Crippen LogP contribution in [0.3, 0.4) is 0 Å². The van der Waals surface area contributed by atoms with E-state index in [1.54, 1.807) is 6.07 Å². The molecule has 2 nitrogen and oxygen atoms in total. The average molecular weight is 283 g/mol. The van der Waals surface area contributed by atoms with Crippen LogP contribution < -0.4 is 5.73 Å². The van der Waals surface area contributed by atoms with Gasteiger partial charge in [0.25, 0.3) is 0 Å². The van der Waals surface area contributed by atoms with E-state index in [9.17, 15) is 8.78 Å². The molecule has 2 rings (SSSR count). The maximum atomic E-state index is 14.0. The minimum absolute atomic E-state index is 0.223. The average Bonchev–Trinajstić information content (AvgIpc) is 2.68. The number of rotatable bonds is 4. The predicted octanol–water partition coefficient (Wildman–Crippen LogP) is 4.09. The molecule has 0 radical (unpaired) electrons. The quantitative estimate of drug-likeness (QED) is 0.845. The highest BCUT2D eigenvalue weighted by Crippen LogP contribution is 2.40. The minimum Gasteiger partial charge on any atom is -0.373 e. The number of halogens is 2. The lowest BCUT2D eigenvalue weighted by atomic mass is 9.82. The Morgan fingerprint density at radius 2 is 1.85 bits per heavy atom. The summed E-state index contributed by atoms with van der Waals surface area (Å²) in [5, 5.41) is 0. The SMILES string of the molecule is CCOC1(C(N)c2cccc(F)c2F)CCCCCC1. The van der Waals surface area contributed by atoms with E-state index in [2.05, 4.69) is 0 Å². The van der Waals surface area contributed by atoms with Crippen molar-refractivity contribution in [1.29, 1.82) is 0 Å². The zero-order valence-corrected chi connectivity index (χ0v) is 12.0. The van der Waals surface area contributed by atoms with Crippen molar-refractivity contribution in [2.24, 2.45) is 5.73 Å². The van der Waals surface area contributed by atoms with Crippen LogP contribution in [0.25, 0.3) is 0 Å². The predicted molar refractivity (Wildman–Crippen MR) is 75.3 cm³/mol. The highest BCUT2D eigenvalue weighted by Gasteiger charge is 2.40. The van der Waals surface area contributed by atoms with Crippen LogP contribution in [0, 0.1) is 11.6 Å². The number of nitrogens with two attached hydrogens (primary N) is 1. The largest absolute Gasteiger partial charge is 0.373 e. The summed E-state index contributed by atoms with van der Waals surface area (Å²) in [5.41, 5.74) is 5.95. The molecule has 1 fully saturated rings. The molecule has 1 atom stereocenters. The summed E-state index contributed by atoms with van der Waals surface area (Å²) < 4.78 is 33.4. The Morgan fingerprint density at radius 3 is 2.45 bits per heavy atom. The van der Waals surface area contributed by atoms with Gasteiger partial charge in [-0.1, -0.05) is 37.8 Å². The number of ether oxygens (including phenoxy) is 1. The number of hydrogen-bond donors (Lipinski definition) is 1. The molecule has 0 spiro atoms. The summed E-state index contributed by atoms with van der Waals surface area (Å²) in [5.74, 6) is -1.69. The van der Waals surface area contributed by atoms with Crippen molar-refractivity contribution in [3.8, 4) is 0 Å². The second kappa shape index (κ2) is 6.64. The monoisotopic (exact) mass is 283 g/mol. The molecule has 20 heavy (non-hydrogen) atoms. The van der Waals surface area contributed by atoms with Gasteiger partial charge in [0, 0.05) is 12.2 Å². The molecule has 0 aromatic heterocycles. The highest BCUT2D eigenvalue weighted by atomic mass is 19.2. The zero-order valence-electron chi connectivity index (χ0n) is 12.0. The molecule has 1 aliphatic rings. The van der Waals surface area contributed by atoms with Gasteiger partial charge in [0.05, 0.1) is 11.6 Å². The topological polar surface area (TPSA) is 35.2 Å². The van der Waals surface area contributed by atoms with Crippen molar-refractivity contribution in [2.45, 2.75) is 57.1 Å². The summed E-state index contributed by atoms with van der Waals surface area (Å²) in [7, 11) is 0. The van der Waals surface area contributed by atoms with Crippen LogP contribution in [0.15, 0.2) is 18.2 Å². The van der Waals surface area contributed by atoms with Crippen molar-refractivity contribution in [2.75, 3.05) is 6.61 Å². The van der Waals surface area contributed by atoms with Crippen molar-refractivity contribution in [1.82, 2.24) is 0 Å². The van der Waals surface area contributed by atoms with Gasteiger partial charge in [-0.05, 0) is 25.8 Å². The summed E-state index contributed by atoms with van der Waals surface area (Å²) in [6.07, 6.45) is 5.94. The normalized spacial score (nSPS) is 20.4. The summed E-state index contributed by atoms with van der Waals surface area (Å²) in [6, 6.07) is 3.56. The molecule has 112 valence electrons. The van der Waals surface area contributed by atoms with Crippen LogP contribution >= 0.6 is 0 Å². The van der Waals surface area contributed by atoms with Gasteiger partial charge < -0.3 is 10.5 Å². The van der Waals surface area contributed by atoms with Crippen LogP contribution in [-0.4, -0.2) is 12.2 Å². The van der Waals surface area contributed by atoms with Gasteiger partial charge in [0.1, 0.15) is 0 Å². The maximum Gasteiger partial charge on any atom is 0.163 e.